The molecule has 2 aromatic carbocycles. The number of ketones is 2. The van der Waals surface area contributed by atoms with Gasteiger partial charge in [-0.1, -0.05) is 49.4 Å². The van der Waals surface area contributed by atoms with E-state index in [1.165, 1.54) is 6.92 Å². The summed E-state index contributed by atoms with van der Waals surface area (Å²) in [5.74, 6) is 0.0996. The number of rotatable bonds is 6. The van der Waals surface area contributed by atoms with Crippen LogP contribution in [0.15, 0.2) is 60.9 Å². The van der Waals surface area contributed by atoms with Crippen LogP contribution in [0.3, 0.4) is 0 Å². The minimum atomic E-state index is -0.0676. The smallest absolute Gasteiger partial charge is 0.163 e. The van der Waals surface area contributed by atoms with E-state index in [0.717, 1.165) is 16.7 Å². The standard InChI is InChI=1S/C21H20N2O2/c1-14(16-6-4-3-5-7-16)10-21(25)17-8-9-19(18-12-22-23-13-18)20(11-17)15(2)24/h3-9,11-14H,10H2,1-2H3,(H,22,23)/t14-/m0/s1. The molecule has 0 radical (unpaired) electrons. The summed E-state index contributed by atoms with van der Waals surface area (Å²) in [4.78, 5) is 24.7. The van der Waals surface area contributed by atoms with E-state index in [-0.39, 0.29) is 17.5 Å². The average Bonchev–Trinajstić information content (AvgIpc) is 3.16. The predicted octanol–water partition coefficient (Wildman–Crippen LogP) is 4.66. The zero-order valence-electron chi connectivity index (χ0n) is 14.3. The van der Waals surface area contributed by atoms with Gasteiger partial charge in [0.05, 0.1) is 6.20 Å². The van der Waals surface area contributed by atoms with Gasteiger partial charge < -0.3 is 0 Å². The summed E-state index contributed by atoms with van der Waals surface area (Å²) in [5.41, 5.74) is 3.87. The fourth-order valence-corrected chi connectivity index (χ4v) is 2.95. The van der Waals surface area contributed by atoms with E-state index in [0.29, 0.717) is 17.5 Å². The van der Waals surface area contributed by atoms with Crippen molar-refractivity contribution < 1.29 is 9.59 Å². The Morgan fingerprint density at radius 2 is 1.88 bits per heavy atom. The quantitative estimate of drug-likeness (QED) is 0.668. The number of carbonyl (C=O) groups is 2. The topological polar surface area (TPSA) is 62.8 Å². The van der Waals surface area contributed by atoms with Crippen LogP contribution in [0.25, 0.3) is 11.1 Å². The number of H-pyrrole nitrogens is 1. The van der Waals surface area contributed by atoms with Crippen molar-refractivity contribution in [1.82, 2.24) is 10.2 Å². The second-order valence-corrected chi connectivity index (χ2v) is 6.24. The van der Waals surface area contributed by atoms with Gasteiger partial charge in [-0.3, -0.25) is 14.7 Å². The molecule has 0 spiro atoms. The minimum Gasteiger partial charge on any atom is -0.294 e. The van der Waals surface area contributed by atoms with Gasteiger partial charge in [0, 0.05) is 29.3 Å². The third-order valence-corrected chi connectivity index (χ3v) is 4.39. The average molecular weight is 332 g/mol. The summed E-state index contributed by atoms with van der Waals surface area (Å²) in [5, 5.41) is 6.67. The molecule has 3 aromatic rings. The Balaban J connectivity index is 1.86. The Labute approximate surface area is 146 Å². The Bertz CT molecular complexity index is 884. The van der Waals surface area contributed by atoms with E-state index in [1.807, 2.05) is 43.3 Å². The summed E-state index contributed by atoms with van der Waals surface area (Å²) in [7, 11) is 0. The predicted molar refractivity (Wildman–Crippen MR) is 97.8 cm³/mol. The summed E-state index contributed by atoms with van der Waals surface area (Å²) in [6, 6.07) is 15.3. The first-order chi connectivity index (χ1) is 12.1. The van der Waals surface area contributed by atoms with E-state index in [2.05, 4.69) is 10.2 Å². The van der Waals surface area contributed by atoms with Crippen molar-refractivity contribution in [3.05, 3.63) is 77.6 Å². The van der Waals surface area contributed by atoms with E-state index >= 15 is 0 Å². The highest BCUT2D eigenvalue weighted by atomic mass is 16.1. The van der Waals surface area contributed by atoms with Crippen LogP contribution in [0.2, 0.25) is 0 Å². The zero-order chi connectivity index (χ0) is 17.8. The van der Waals surface area contributed by atoms with Crippen molar-refractivity contribution >= 4 is 11.6 Å². The Kier molecular flexibility index (Phi) is 4.89. The van der Waals surface area contributed by atoms with Gasteiger partial charge in [0.1, 0.15) is 0 Å². The fourth-order valence-electron chi connectivity index (χ4n) is 2.95. The molecule has 4 nitrogen and oxygen atoms in total. The number of nitrogens with one attached hydrogen (secondary N) is 1. The molecule has 0 bridgehead atoms. The normalized spacial score (nSPS) is 11.9. The number of aromatic nitrogens is 2. The lowest BCUT2D eigenvalue weighted by Crippen LogP contribution is -2.07. The van der Waals surface area contributed by atoms with Gasteiger partial charge in [-0.2, -0.15) is 5.10 Å². The van der Waals surface area contributed by atoms with Crippen molar-refractivity contribution in [3.8, 4) is 11.1 Å². The van der Waals surface area contributed by atoms with Gasteiger partial charge in [0.2, 0.25) is 0 Å². The summed E-state index contributed by atoms with van der Waals surface area (Å²) in [6.07, 6.45) is 3.81. The zero-order valence-corrected chi connectivity index (χ0v) is 14.3. The minimum absolute atomic E-state index is 0.0394. The fraction of sp³-hybridized carbons (Fsp3) is 0.190. The number of nitrogens with zero attached hydrogens (tertiary/aromatic N) is 1. The molecule has 0 saturated heterocycles. The van der Waals surface area contributed by atoms with E-state index < -0.39 is 0 Å². The first kappa shape index (κ1) is 16.8. The van der Waals surface area contributed by atoms with E-state index in [9.17, 15) is 9.59 Å². The Morgan fingerprint density at radius 1 is 1.12 bits per heavy atom. The van der Waals surface area contributed by atoms with E-state index in [4.69, 9.17) is 0 Å². The van der Waals surface area contributed by atoms with Crippen LogP contribution in [0.4, 0.5) is 0 Å². The molecule has 25 heavy (non-hydrogen) atoms. The van der Waals surface area contributed by atoms with Crippen LogP contribution in [0.5, 0.6) is 0 Å². The van der Waals surface area contributed by atoms with Gasteiger partial charge in [0.15, 0.2) is 11.6 Å². The third-order valence-electron chi connectivity index (χ3n) is 4.39. The lowest BCUT2D eigenvalue weighted by molar-refractivity contribution is 0.0975. The maximum Gasteiger partial charge on any atom is 0.163 e. The SMILES string of the molecule is CC(=O)c1cc(C(=O)C[C@H](C)c2ccccc2)ccc1-c1cn[nH]c1. The number of carbonyl (C=O) groups excluding carboxylic acids is 2. The molecule has 3 rings (SSSR count). The molecule has 4 heteroatoms. The molecule has 0 fully saturated rings. The maximum absolute atomic E-state index is 12.7. The lowest BCUT2D eigenvalue weighted by Gasteiger charge is -2.12. The van der Waals surface area contributed by atoms with Crippen LogP contribution in [-0.4, -0.2) is 21.8 Å². The summed E-state index contributed by atoms with van der Waals surface area (Å²) in [6.45, 7) is 3.55. The van der Waals surface area contributed by atoms with Crippen LogP contribution >= 0.6 is 0 Å². The van der Waals surface area contributed by atoms with Crippen LogP contribution in [-0.2, 0) is 0 Å². The molecule has 0 unspecified atom stereocenters. The molecule has 1 aromatic heterocycles. The van der Waals surface area contributed by atoms with Crippen LogP contribution < -0.4 is 0 Å². The molecular formula is C21H20N2O2. The van der Waals surface area contributed by atoms with Crippen LogP contribution in [0.1, 0.15) is 52.5 Å². The van der Waals surface area contributed by atoms with Gasteiger partial charge in [-0.15, -0.1) is 0 Å². The van der Waals surface area contributed by atoms with Gasteiger partial charge in [0.25, 0.3) is 0 Å². The molecule has 1 heterocycles. The van der Waals surface area contributed by atoms with Crippen molar-refractivity contribution in [2.75, 3.05) is 0 Å². The van der Waals surface area contributed by atoms with Crippen molar-refractivity contribution in [2.24, 2.45) is 0 Å². The Hall–Kier alpha value is -3.01. The second-order valence-electron chi connectivity index (χ2n) is 6.24. The van der Waals surface area contributed by atoms with E-state index in [1.54, 1.807) is 24.5 Å². The summed E-state index contributed by atoms with van der Waals surface area (Å²) < 4.78 is 0. The molecule has 0 saturated carbocycles. The van der Waals surface area contributed by atoms with Gasteiger partial charge in [-0.25, -0.2) is 0 Å². The van der Waals surface area contributed by atoms with Crippen molar-refractivity contribution in [2.45, 2.75) is 26.2 Å². The molecule has 0 aliphatic carbocycles. The third kappa shape index (κ3) is 3.74. The maximum atomic E-state index is 12.7. The van der Waals surface area contributed by atoms with Crippen LogP contribution in [0, 0.1) is 0 Å². The van der Waals surface area contributed by atoms with Crippen molar-refractivity contribution in [3.63, 3.8) is 0 Å². The van der Waals surface area contributed by atoms with Gasteiger partial charge in [-0.05, 0) is 30.0 Å². The second kappa shape index (κ2) is 7.26. The largest absolute Gasteiger partial charge is 0.294 e. The number of hydrogen-bond donors (Lipinski definition) is 1. The molecule has 0 amide bonds. The Morgan fingerprint density at radius 3 is 2.52 bits per heavy atom. The first-order valence-electron chi connectivity index (χ1n) is 8.28. The summed E-state index contributed by atoms with van der Waals surface area (Å²) >= 11 is 0. The number of benzene rings is 2. The van der Waals surface area contributed by atoms with Crippen molar-refractivity contribution in [1.29, 1.82) is 0 Å². The molecule has 0 aliphatic heterocycles. The molecule has 126 valence electrons. The monoisotopic (exact) mass is 332 g/mol. The molecular weight excluding hydrogens is 312 g/mol. The first-order valence-corrected chi connectivity index (χ1v) is 8.28. The highest BCUT2D eigenvalue weighted by Gasteiger charge is 2.17. The molecule has 1 N–H and O–H groups in total. The number of Topliss-reactive ketones (excluding diaryl/α,β-unsaturated/α-hetero) is 2. The highest BCUT2D eigenvalue weighted by Crippen LogP contribution is 2.26. The molecule has 0 aliphatic rings. The van der Waals surface area contributed by atoms with Gasteiger partial charge >= 0.3 is 0 Å². The number of aromatic amines is 1. The molecule has 1 atom stereocenters. The number of hydrogen-bond acceptors (Lipinski definition) is 3. The lowest BCUT2D eigenvalue weighted by atomic mass is 9.91. The highest BCUT2D eigenvalue weighted by molar-refractivity contribution is 6.04.